The van der Waals surface area contributed by atoms with Gasteiger partial charge < -0.3 is 21.1 Å². The van der Waals surface area contributed by atoms with Gasteiger partial charge in [0.1, 0.15) is 15.6 Å². The van der Waals surface area contributed by atoms with Gasteiger partial charge >= 0.3 is 5.97 Å². The minimum absolute atomic E-state index is 0.315. The number of carbonyl (C=O) groups is 3. The molecule has 1 aliphatic carbocycles. The van der Waals surface area contributed by atoms with E-state index in [-0.39, 0.29) is 0 Å². The molecule has 2 aromatic rings. The maximum absolute atomic E-state index is 12.5. The van der Waals surface area contributed by atoms with Gasteiger partial charge in [-0.2, -0.15) is 4.37 Å². The molecule has 8 nitrogen and oxygen atoms in total. The molecule has 0 saturated heterocycles. The van der Waals surface area contributed by atoms with Crippen LogP contribution in [0.5, 0.6) is 0 Å². The van der Waals surface area contributed by atoms with Crippen LogP contribution in [0.25, 0.3) is 0 Å². The Bertz CT molecular complexity index is 918. The molecular weight excluding hydrogens is 388 g/mol. The Morgan fingerprint density at radius 2 is 1.96 bits per heavy atom. The lowest BCUT2D eigenvalue weighted by Crippen LogP contribution is -2.30. The molecule has 0 saturated carbocycles. The van der Waals surface area contributed by atoms with E-state index in [4.69, 9.17) is 10.5 Å². The molecule has 0 bridgehead atoms. The molecule has 10 heteroatoms. The fourth-order valence-corrected chi connectivity index (χ4v) is 5.05. The van der Waals surface area contributed by atoms with E-state index in [0.717, 1.165) is 41.2 Å². The minimum atomic E-state index is -1.04. The number of nitrogens with zero attached hydrogens (tertiary/aromatic N) is 1. The van der Waals surface area contributed by atoms with E-state index in [2.05, 4.69) is 15.0 Å². The number of nitrogens with two attached hydrogens (primary N) is 1. The number of rotatable bonds is 6. The third-order valence-corrected chi connectivity index (χ3v) is 6.51. The van der Waals surface area contributed by atoms with Crippen molar-refractivity contribution in [1.82, 2.24) is 4.37 Å². The summed E-state index contributed by atoms with van der Waals surface area (Å²) in [7, 11) is 1.68. The quantitative estimate of drug-likeness (QED) is 0.630. The highest BCUT2D eigenvalue weighted by atomic mass is 32.1. The van der Waals surface area contributed by atoms with Crippen LogP contribution < -0.4 is 16.4 Å². The zero-order chi connectivity index (χ0) is 19.7. The molecule has 1 atom stereocenters. The second kappa shape index (κ2) is 7.65. The SMILES string of the molecule is CNc1snc(C)c1C(=O)OC(C)C(=O)Nc1sc2c(c1C(N)=O)CCC2. The zero-order valence-corrected chi connectivity index (χ0v) is 16.8. The van der Waals surface area contributed by atoms with Gasteiger partial charge in [-0.15, -0.1) is 11.3 Å². The first-order valence-electron chi connectivity index (χ1n) is 8.43. The van der Waals surface area contributed by atoms with E-state index in [9.17, 15) is 14.4 Å². The average Bonchev–Trinajstić information content (AvgIpc) is 3.27. The lowest BCUT2D eigenvalue weighted by Gasteiger charge is -2.14. The van der Waals surface area contributed by atoms with Crippen LogP contribution in [0.1, 0.15) is 50.2 Å². The number of hydrogen-bond donors (Lipinski definition) is 3. The highest BCUT2D eigenvalue weighted by molar-refractivity contribution is 7.17. The van der Waals surface area contributed by atoms with Gasteiger partial charge in [0, 0.05) is 11.9 Å². The summed E-state index contributed by atoms with van der Waals surface area (Å²) < 4.78 is 9.41. The Hall–Kier alpha value is -2.46. The van der Waals surface area contributed by atoms with Crippen LogP contribution in [0, 0.1) is 6.92 Å². The number of fused-ring (bicyclic) bond motifs is 1. The summed E-state index contributed by atoms with van der Waals surface area (Å²) in [6.07, 6.45) is 1.59. The highest BCUT2D eigenvalue weighted by Crippen LogP contribution is 2.39. The van der Waals surface area contributed by atoms with Gasteiger partial charge in [0.05, 0.1) is 11.3 Å². The average molecular weight is 409 g/mol. The molecule has 2 heterocycles. The molecule has 0 fully saturated rings. The Kier molecular flexibility index (Phi) is 5.47. The van der Waals surface area contributed by atoms with Crippen LogP contribution in [0.2, 0.25) is 0 Å². The van der Waals surface area contributed by atoms with Crippen molar-refractivity contribution >= 4 is 50.7 Å². The molecule has 2 amide bonds. The van der Waals surface area contributed by atoms with Gasteiger partial charge in [-0.05, 0) is 50.2 Å². The Morgan fingerprint density at radius 3 is 2.63 bits per heavy atom. The molecular formula is C17H20N4O4S2. The van der Waals surface area contributed by atoms with Gasteiger partial charge in [0.15, 0.2) is 6.10 Å². The van der Waals surface area contributed by atoms with Crippen molar-refractivity contribution in [3.05, 3.63) is 27.3 Å². The van der Waals surface area contributed by atoms with E-state index < -0.39 is 23.9 Å². The van der Waals surface area contributed by atoms with Crippen LogP contribution in [0.15, 0.2) is 0 Å². The van der Waals surface area contributed by atoms with Crippen molar-refractivity contribution in [2.75, 3.05) is 17.7 Å². The van der Waals surface area contributed by atoms with Crippen LogP contribution in [0.3, 0.4) is 0 Å². The fourth-order valence-electron chi connectivity index (χ4n) is 3.02. The van der Waals surface area contributed by atoms with Crippen LogP contribution >= 0.6 is 22.9 Å². The number of esters is 1. The van der Waals surface area contributed by atoms with Gasteiger partial charge in [0.2, 0.25) is 0 Å². The monoisotopic (exact) mass is 408 g/mol. The van der Waals surface area contributed by atoms with Crippen molar-refractivity contribution in [3.63, 3.8) is 0 Å². The Balaban J connectivity index is 1.73. The number of nitrogens with one attached hydrogen (secondary N) is 2. The van der Waals surface area contributed by atoms with Gasteiger partial charge in [0.25, 0.3) is 11.8 Å². The van der Waals surface area contributed by atoms with Crippen molar-refractivity contribution < 1.29 is 19.1 Å². The maximum atomic E-state index is 12.5. The Morgan fingerprint density at radius 1 is 1.22 bits per heavy atom. The number of ether oxygens (including phenoxy) is 1. The predicted octanol–water partition coefficient (Wildman–Crippen LogP) is 2.33. The molecule has 144 valence electrons. The Labute approximate surface area is 164 Å². The number of hydrogen-bond acceptors (Lipinski definition) is 8. The second-order valence-electron chi connectivity index (χ2n) is 6.18. The largest absolute Gasteiger partial charge is 0.449 e. The van der Waals surface area contributed by atoms with E-state index in [1.54, 1.807) is 14.0 Å². The fraction of sp³-hybridized carbons (Fsp3) is 0.412. The molecule has 27 heavy (non-hydrogen) atoms. The highest BCUT2D eigenvalue weighted by Gasteiger charge is 2.29. The van der Waals surface area contributed by atoms with Crippen molar-refractivity contribution in [3.8, 4) is 0 Å². The predicted molar refractivity (Wildman–Crippen MR) is 105 cm³/mol. The molecule has 3 rings (SSSR count). The standard InChI is InChI=1S/C17H20N4O4S2/c1-7-11(15(19-3)27-21-7)17(24)25-8(2)14(23)20-16-12(13(18)22)9-5-4-6-10(9)26-16/h8,19H,4-6H2,1-3H3,(H2,18,22)(H,20,23). The number of aryl methyl sites for hydroxylation is 2. The summed E-state index contributed by atoms with van der Waals surface area (Å²) in [6, 6.07) is 0. The summed E-state index contributed by atoms with van der Waals surface area (Å²) in [5, 5.41) is 6.57. The molecule has 0 aliphatic heterocycles. The number of carbonyl (C=O) groups excluding carboxylic acids is 3. The third kappa shape index (κ3) is 3.67. The first-order valence-corrected chi connectivity index (χ1v) is 10.0. The lowest BCUT2D eigenvalue weighted by molar-refractivity contribution is -0.123. The summed E-state index contributed by atoms with van der Waals surface area (Å²) >= 11 is 2.51. The molecule has 0 spiro atoms. The lowest BCUT2D eigenvalue weighted by atomic mass is 10.1. The number of aromatic nitrogens is 1. The third-order valence-electron chi connectivity index (χ3n) is 4.35. The molecule has 0 radical (unpaired) electrons. The minimum Gasteiger partial charge on any atom is -0.449 e. The van der Waals surface area contributed by atoms with Crippen molar-refractivity contribution in [2.45, 2.75) is 39.2 Å². The van der Waals surface area contributed by atoms with Gasteiger partial charge in [-0.25, -0.2) is 4.79 Å². The maximum Gasteiger partial charge on any atom is 0.343 e. The molecule has 0 aromatic carbocycles. The summed E-state index contributed by atoms with van der Waals surface area (Å²) in [5.74, 6) is -1.71. The number of anilines is 2. The smallest absolute Gasteiger partial charge is 0.343 e. The molecule has 4 N–H and O–H groups in total. The molecule has 1 aliphatic rings. The van der Waals surface area contributed by atoms with E-state index in [1.165, 1.54) is 18.3 Å². The van der Waals surface area contributed by atoms with Crippen molar-refractivity contribution in [1.29, 1.82) is 0 Å². The topological polar surface area (TPSA) is 123 Å². The van der Waals surface area contributed by atoms with E-state index in [1.807, 2.05) is 0 Å². The first-order chi connectivity index (χ1) is 12.8. The molecule has 2 aromatic heterocycles. The summed E-state index contributed by atoms with van der Waals surface area (Å²) in [5.41, 5.74) is 7.64. The van der Waals surface area contributed by atoms with Crippen LogP contribution in [-0.2, 0) is 22.4 Å². The normalized spacial score (nSPS) is 13.7. The number of thiophene rings is 1. The number of primary amides is 1. The summed E-state index contributed by atoms with van der Waals surface area (Å²) in [4.78, 5) is 37.8. The van der Waals surface area contributed by atoms with E-state index in [0.29, 0.717) is 26.8 Å². The van der Waals surface area contributed by atoms with Crippen LogP contribution in [0.4, 0.5) is 10.0 Å². The van der Waals surface area contributed by atoms with E-state index >= 15 is 0 Å². The van der Waals surface area contributed by atoms with Crippen molar-refractivity contribution in [2.24, 2.45) is 5.73 Å². The zero-order valence-electron chi connectivity index (χ0n) is 15.2. The molecule has 1 unspecified atom stereocenters. The summed E-state index contributed by atoms with van der Waals surface area (Å²) in [6.45, 7) is 3.18. The van der Waals surface area contributed by atoms with Gasteiger partial charge in [-0.1, -0.05) is 0 Å². The number of amides is 2. The van der Waals surface area contributed by atoms with Gasteiger partial charge in [-0.3, -0.25) is 9.59 Å². The first kappa shape index (κ1) is 19.3. The van der Waals surface area contributed by atoms with Crippen LogP contribution in [-0.4, -0.2) is 35.3 Å². The second-order valence-corrected chi connectivity index (χ2v) is 8.06.